The highest BCUT2D eigenvalue weighted by Gasteiger charge is 2.50. The van der Waals surface area contributed by atoms with Crippen LogP contribution in [-0.2, 0) is 21.3 Å². The van der Waals surface area contributed by atoms with E-state index in [-0.39, 0.29) is 18.4 Å². The fourth-order valence-electron chi connectivity index (χ4n) is 2.34. The van der Waals surface area contributed by atoms with E-state index in [0.29, 0.717) is 12.1 Å². The lowest BCUT2D eigenvalue weighted by Gasteiger charge is -2.29. The van der Waals surface area contributed by atoms with Gasteiger partial charge in [-0.2, -0.15) is 26.3 Å². The summed E-state index contributed by atoms with van der Waals surface area (Å²) in [7, 11) is 0. The molecule has 1 fully saturated rings. The second-order valence-corrected chi connectivity index (χ2v) is 4.84. The molecule has 1 aromatic carbocycles. The summed E-state index contributed by atoms with van der Waals surface area (Å²) in [5.41, 5.74) is -2.99. The largest absolute Gasteiger partial charge is 0.454 e. The molecule has 0 radical (unpaired) electrons. The molecule has 0 N–H and O–H groups in total. The van der Waals surface area contributed by atoms with Crippen molar-refractivity contribution >= 4 is 5.97 Å². The van der Waals surface area contributed by atoms with Crippen molar-refractivity contribution < 1.29 is 35.9 Å². The predicted molar refractivity (Wildman–Crippen MR) is 59.1 cm³/mol. The number of carbonyl (C=O) groups is 1. The summed E-state index contributed by atoms with van der Waals surface area (Å²) in [6, 6.07) is 3.21. The Morgan fingerprint density at radius 3 is 2.00 bits per heavy atom. The maximum atomic E-state index is 12.7. The predicted octanol–water partition coefficient (Wildman–Crippen LogP) is 4.19. The Hall–Kier alpha value is -1.73. The van der Waals surface area contributed by atoms with Gasteiger partial charge in [-0.3, -0.25) is 4.79 Å². The molecule has 0 aromatic heterocycles. The fraction of sp³-hybridized carbons (Fsp3) is 0.462. The van der Waals surface area contributed by atoms with Crippen molar-refractivity contribution in [2.45, 2.75) is 37.2 Å². The summed E-state index contributed by atoms with van der Waals surface area (Å²) in [5, 5.41) is 0. The Morgan fingerprint density at radius 1 is 1.05 bits per heavy atom. The summed E-state index contributed by atoms with van der Waals surface area (Å²) >= 11 is 0. The molecule has 1 aromatic rings. The second kappa shape index (κ2) is 4.92. The molecular formula is C13H10F6O2. The molecule has 116 valence electrons. The van der Waals surface area contributed by atoms with Crippen LogP contribution >= 0.6 is 0 Å². The van der Waals surface area contributed by atoms with E-state index in [2.05, 4.69) is 0 Å². The number of hydrogen-bond donors (Lipinski definition) is 0. The van der Waals surface area contributed by atoms with Gasteiger partial charge in [0.15, 0.2) is 0 Å². The summed E-state index contributed by atoms with van der Waals surface area (Å²) in [4.78, 5) is 11.2. The van der Waals surface area contributed by atoms with E-state index in [1.54, 1.807) is 0 Å². The van der Waals surface area contributed by atoms with Gasteiger partial charge in [-0.25, -0.2) is 0 Å². The van der Waals surface area contributed by atoms with Gasteiger partial charge in [-0.1, -0.05) is 12.1 Å². The fourth-order valence-corrected chi connectivity index (χ4v) is 2.34. The molecule has 1 aliphatic rings. The quantitative estimate of drug-likeness (QED) is 0.604. The number of halogens is 6. The van der Waals surface area contributed by atoms with Crippen LogP contribution in [-0.4, -0.2) is 12.1 Å². The maximum absolute atomic E-state index is 12.7. The van der Waals surface area contributed by atoms with Crippen molar-refractivity contribution in [3.05, 3.63) is 35.4 Å². The molecule has 21 heavy (non-hydrogen) atoms. The summed E-state index contributed by atoms with van der Waals surface area (Å²) in [6.45, 7) is 0. The van der Waals surface area contributed by atoms with E-state index in [9.17, 15) is 31.1 Å². The van der Waals surface area contributed by atoms with Gasteiger partial charge < -0.3 is 4.74 Å². The van der Waals surface area contributed by atoms with E-state index in [1.807, 2.05) is 0 Å². The number of rotatable bonds is 2. The van der Waals surface area contributed by atoms with Gasteiger partial charge in [0.05, 0.1) is 12.0 Å². The molecule has 1 aliphatic heterocycles. The molecule has 2 nitrogen and oxygen atoms in total. The molecule has 0 unspecified atom stereocenters. The van der Waals surface area contributed by atoms with Gasteiger partial charge >= 0.3 is 18.3 Å². The molecule has 0 bridgehead atoms. The third-order valence-corrected chi connectivity index (χ3v) is 3.27. The van der Waals surface area contributed by atoms with E-state index in [1.165, 1.54) is 0 Å². The number of alkyl halides is 6. The number of benzene rings is 1. The van der Waals surface area contributed by atoms with Crippen LogP contribution in [0.1, 0.15) is 30.4 Å². The first-order chi connectivity index (χ1) is 9.52. The zero-order valence-corrected chi connectivity index (χ0v) is 10.5. The molecule has 2 rings (SSSR count). The van der Waals surface area contributed by atoms with E-state index in [0.717, 1.165) is 12.1 Å². The van der Waals surface area contributed by atoms with Gasteiger partial charge in [0.2, 0.25) is 0 Å². The Labute approximate surface area is 115 Å². The minimum absolute atomic E-state index is 0.0846. The minimum Gasteiger partial charge on any atom is -0.454 e. The Morgan fingerprint density at radius 2 is 1.62 bits per heavy atom. The Bertz CT molecular complexity index is 531. The van der Waals surface area contributed by atoms with Crippen LogP contribution in [0.3, 0.4) is 0 Å². The summed E-state index contributed by atoms with van der Waals surface area (Å²) < 4.78 is 80.2. The molecule has 0 saturated carbocycles. The standard InChI is InChI=1S/C13H10F6O2/c14-12(15,16)7-11(6-5-10(20)21-11)8-1-3-9(4-2-8)13(17,18)19/h1-4H,5-7H2/t11-/m1/s1. The SMILES string of the molecule is O=C1CC[C@@](CC(F)(F)F)(c2ccc(C(F)(F)F)cc2)O1. The third-order valence-electron chi connectivity index (χ3n) is 3.27. The van der Waals surface area contributed by atoms with Crippen molar-refractivity contribution in [2.24, 2.45) is 0 Å². The van der Waals surface area contributed by atoms with E-state index in [4.69, 9.17) is 4.74 Å². The minimum atomic E-state index is -4.60. The monoisotopic (exact) mass is 312 g/mol. The summed E-state index contributed by atoms with van der Waals surface area (Å²) in [5.74, 6) is -0.792. The van der Waals surface area contributed by atoms with Crippen LogP contribution in [0.2, 0.25) is 0 Å². The molecule has 1 heterocycles. The van der Waals surface area contributed by atoms with Crippen molar-refractivity contribution in [3.8, 4) is 0 Å². The van der Waals surface area contributed by atoms with Crippen LogP contribution in [0.5, 0.6) is 0 Å². The van der Waals surface area contributed by atoms with Gasteiger partial charge in [-0.05, 0) is 17.7 Å². The third kappa shape index (κ3) is 3.48. The zero-order chi connectivity index (χ0) is 15.9. The topological polar surface area (TPSA) is 26.3 Å². The highest BCUT2D eigenvalue weighted by molar-refractivity contribution is 5.72. The lowest BCUT2D eigenvalue weighted by atomic mass is 9.87. The number of carbonyl (C=O) groups excluding carboxylic acids is 1. The van der Waals surface area contributed by atoms with Crippen LogP contribution in [0.4, 0.5) is 26.3 Å². The second-order valence-electron chi connectivity index (χ2n) is 4.84. The number of cyclic esters (lactones) is 1. The first kappa shape index (κ1) is 15.7. The number of esters is 1. The van der Waals surface area contributed by atoms with Crippen LogP contribution < -0.4 is 0 Å². The van der Waals surface area contributed by atoms with Gasteiger partial charge in [0.25, 0.3) is 0 Å². The van der Waals surface area contributed by atoms with Crippen LogP contribution in [0.25, 0.3) is 0 Å². The molecular weight excluding hydrogens is 302 g/mol. The van der Waals surface area contributed by atoms with E-state index >= 15 is 0 Å². The van der Waals surface area contributed by atoms with Crippen molar-refractivity contribution in [2.75, 3.05) is 0 Å². The van der Waals surface area contributed by atoms with Gasteiger partial charge in [0, 0.05) is 12.8 Å². The molecule has 8 heteroatoms. The normalized spacial score (nSPS) is 23.2. The highest BCUT2D eigenvalue weighted by Crippen LogP contribution is 2.45. The molecule has 0 aliphatic carbocycles. The van der Waals surface area contributed by atoms with Crippen LogP contribution in [0, 0.1) is 0 Å². The molecule has 1 atom stereocenters. The van der Waals surface area contributed by atoms with Crippen molar-refractivity contribution in [1.29, 1.82) is 0 Å². The lowest BCUT2D eigenvalue weighted by molar-refractivity contribution is -0.187. The average Bonchev–Trinajstić information content (AvgIpc) is 2.68. The first-order valence-electron chi connectivity index (χ1n) is 5.98. The van der Waals surface area contributed by atoms with E-state index < -0.39 is 35.9 Å². The molecule has 0 spiro atoms. The molecule has 1 saturated heterocycles. The first-order valence-corrected chi connectivity index (χ1v) is 5.98. The highest BCUT2D eigenvalue weighted by atomic mass is 19.4. The number of ether oxygens (including phenoxy) is 1. The average molecular weight is 312 g/mol. The van der Waals surface area contributed by atoms with Gasteiger partial charge in [-0.15, -0.1) is 0 Å². The number of hydrogen-bond acceptors (Lipinski definition) is 2. The Balaban J connectivity index is 2.36. The van der Waals surface area contributed by atoms with Gasteiger partial charge in [0.1, 0.15) is 5.60 Å². The van der Waals surface area contributed by atoms with Crippen LogP contribution in [0.15, 0.2) is 24.3 Å². The molecule has 0 amide bonds. The smallest absolute Gasteiger partial charge is 0.416 e. The Kier molecular flexibility index (Phi) is 3.67. The van der Waals surface area contributed by atoms with Crippen molar-refractivity contribution in [1.82, 2.24) is 0 Å². The lowest BCUT2D eigenvalue weighted by Crippen LogP contribution is -2.32. The van der Waals surface area contributed by atoms with Crippen molar-refractivity contribution in [3.63, 3.8) is 0 Å². The maximum Gasteiger partial charge on any atom is 0.416 e. The zero-order valence-electron chi connectivity index (χ0n) is 10.5. The summed E-state index contributed by atoms with van der Waals surface area (Å²) in [6.07, 6.45) is -11.0.